The van der Waals surface area contributed by atoms with Gasteiger partial charge in [0.05, 0.1) is 6.61 Å². The van der Waals surface area contributed by atoms with Gasteiger partial charge in [0.2, 0.25) is 0 Å². The maximum Gasteiger partial charge on any atom is 0.251 e. The highest BCUT2D eigenvalue weighted by Gasteiger charge is 2.44. The van der Waals surface area contributed by atoms with Crippen molar-refractivity contribution in [3.63, 3.8) is 0 Å². The van der Waals surface area contributed by atoms with E-state index in [2.05, 4.69) is 0 Å². The van der Waals surface area contributed by atoms with Crippen LogP contribution in [0.1, 0.15) is 19.3 Å². The van der Waals surface area contributed by atoms with Crippen molar-refractivity contribution >= 4 is 5.91 Å². The van der Waals surface area contributed by atoms with Crippen molar-refractivity contribution in [1.82, 2.24) is 4.90 Å². The molecule has 1 saturated heterocycles. The van der Waals surface area contributed by atoms with E-state index in [1.807, 2.05) is 0 Å². The van der Waals surface area contributed by atoms with Gasteiger partial charge in [0.15, 0.2) is 0 Å². The molecule has 2 rings (SSSR count). The van der Waals surface area contributed by atoms with Crippen LogP contribution in [-0.4, -0.2) is 37.6 Å². The highest BCUT2D eigenvalue weighted by atomic mass is 16.5. The van der Waals surface area contributed by atoms with E-state index in [-0.39, 0.29) is 12.0 Å². The van der Waals surface area contributed by atoms with Gasteiger partial charge in [-0.05, 0) is 24.7 Å². The van der Waals surface area contributed by atoms with Crippen LogP contribution in [0.25, 0.3) is 0 Å². The van der Waals surface area contributed by atoms with Crippen LogP contribution in [0.15, 0.2) is 0 Å². The van der Waals surface area contributed by atoms with E-state index in [1.165, 1.54) is 19.3 Å². The smallest absolute Gasteiger partial charge is 0.251 e. The lowest BCUT2D eigenvalue weighted by atomic mass is 9.94. The number of nitrogens with zero attached hydrogens (tertiary/aromatic N) is 1. The van der Waals surface area contributed by atoms with Gasteiger partial charge in [-0.25, -0.2) is 0 Å². The van der Waals surface area contributed by atoms with E-state index in [0.717, 1.165) is 6.61 Å². The molecule has 0 spiro atoms. The van der Waals surface area contributed by atoms with Gasteiger partial charge in [-0.2, -0.15) is 0 Å². The van der Waals surface area contributed by atoms with Crippen LogP contribution in [0.2, 0.25) is 0 Å². The molecule has 0 N–H and O–H groups in total. The number of hydrogen-bond acceptors (Lipinski definition) is 2. The minimum Gasteiger partial charge on any atom is -0.368 e. The number of likely N-dealkylation sites (N-methyl/N-ethyl adjacent to an activating group) is 1. The summed E-state index contributed by atoms with van der Waals surface area (Å²) >= 11 is 0. The van der Waals surface area contributed by atoms with Crippen molar-refractivity contribution < 1.29 is 9.53 Å². The zero-order valence-corrected chi connectivity index (χ0v) is 8.32. The molecule has 1 aliphatic carbocycles. The summed E-state index contributed by atoms with van der Waals surface area (Å²) in [5.74, 6) is 1.32. The zero-order chi connectivity index (χ0) is 9.42. The molecule has 1 saturated carbocycles. The van der Waals surface area contributed by atoms with Gasteiger partial charge in [0.1, 0.15) is 6.10 Å². The number of carbonyl (C=O) groups excluding carboxylic acids is 1. The summed E-state index contributed by atoms with van der Waals surface area (Å²) in [6, 6.07) is 0. The van der Waals surface area contributed by atoms with Gasteiger partial charge in [0, 0.05) is 14.1 Å². The molecule has 1 heterocycles. The van der Waals surface area contributed by atoms with Gasteiger partial charge < -0.3 is 9.64 Å². The monoisotopic (exact) mass is 183 g/mol. The van der Waals surface area contributed by atoms with Crippen LogP contribution >= 0.6 is 0 Å². The van der Waals surface area contributed by atoms with Gasteiger partial charge in [-0.3, -0.25) is 4.79 Å². The fourth-order valence-electron chi connectivity index (χ4n) is 2.53. The summed E-state index contributed by atoms with van der Waals surface area (Å²) in [5, 5.41) is 0. The second-order valence-corrected chi connectivity index (χ2v) is 4.34. The Morgan fingerprint density at radius 2 is 2.15 bits per heavy atom. The second-order valence-electron chi connectivity index (χ2n) is 4.34. The summed E-state index contributed by atoms with van der Waals surface area (Å²) < 4.78 is 5.55. The van der Waals surface area contributed by atoms with E-state index in [9.17, 15) is 4.79 Å². The number of ether oxygens (including phenoxy) is 1. The largest absolute Gasteiger partial charge is 0.368 e. The maximum atomic E-state index is 11.7. The van der Waals surface area contributed by atoms with Crippen LogP contribution in [0.3, 0.4) is 0 Å². The lowest BCUT2D eigenvalue weighted by molar-refractivity contribution is -0.140. The average molecular weight is 183 g/mol. The predicted octanol–water partition coefficient (Wildman–Crippen LogP) is 0.890. The third-order valence-electron chi connectivity index (χ3n) is 3.28. The van der Waals surface area contributed by atoms with Crippen LogP contribution in [0, 0.1) is 11.8 Å². The lowest BCUT2D eigenvalue weighted by Gasteiger charge is -2.20. The number of carbonyl (C=O) groups is 1. The fraction of sp³-hybridized carbons (Fsp3) is 0.900. The average Bonchev–Trinajstić information content (AvgIpc) is 2.61. The highest BCUT2D eigenvalue weighted by molar-refractivity contribution is 5.81. The van der Waals surface area contributed by atoms with E-state index >= 15 is 0 Å². The Balaban J connectivity index is 2.04. The molecule has 13 heavy (non-hydrogen) atoms. The van der Waals surface area contributed by atoms with Crippen LogP contribution in [0.5, 0.6) is 0 Å². The Labute approximate surface area is 79.0 Å². The Kier molecular flexibility index (Phi) is 2.28. The standard InChI is InChI=1S/C10H17NO2/c1-11(2)10(12)9-8-5-3-4-7(8)6-13-9/h7-9H,3-6H2,1-2H3. The molecule has 0 aromatic carbocycles. The van der Waals surface area contributed by atoms with Crippen molar-refractivity contribution in [1.29, 1.82) is 0 Å². The molecule has 74 valence electrons. The molecule has 1 amide bonds. The SMILES string of the molecule is CN(C)C(=O)C1OCC2CCCC21. The molecule has 0 aromatic heterocycles. The van der Waals surface area contributed by atoms with Crippen LogP contribution in [0.4, 0.5) is 0 Å². The second kappa shape index (κ2) is 3.29. The van der Waals surface area contributed by atoms with E-state index < -0.39 is 0 Å². The molecular formula is C10H17NO2. The Bertz CT molecular complexity index is 215. The van der Waals surface area contributed by atoms with Gasteiger partial charge in [-0.1, -0.05) is 6.42 Å². The van der Waals surface area contributed by atoms with Gasteiger partial charge in [-0.15, -0.1) is 0 Å². The molecule has 3 nitrogen and oxygen atoms in total. The first-order valence-corrected chi connectivity index (χ1v) is 5.03. The third kappa shape index (κ3) is 1.46. The first kappa shape index (κ1) is 9.00. The normalized spacial score (nSPS) is 37.5. The topological polar surface area (TPSA) is 29.5 Å². The van der Waals surface area contributed by atoms with Crippen LogP contribution in [-0.2, 0) is 9.53 Å². The fourth-order valence-corrected chi connectivity index (χ4v) is 2.53. The third-order valence-corrected chi connectivity index (χ3v) is 3.28. The van der Waals surface area contributed by atoms with Gasteiger partial charge >= 0.3 is 0 Å². The quantitative estimate of drug-likeness (QED) is 0.604. The zero-order valence-electron chi connectivity index (χ0n) is 8.32. The number of fused-ring (bicyclic) bond motifs is 1. The van der Waals surface area contributed by atoms with E-state index in [0.29, 0.717) is 11.8 Å². The molecule has 0 aromatic rings. The van der Waals surface area contributed by atoms with Crippen molar-refractivity contribution in [3.8, 4) is 0 Å². The molecule has 0 radical (unpaired) electrons. The summed E-state index contributed by atoms with van der Waals surface area (Å²) in [6.45, 7) is 0.801. The van der Waals surface area contributed by atoms with E-state index in [4.69, 9.17) is 4.74 Å². The van der Waals surface area contributed by atoms with Crippen molar-refractivity contribution in [2.45, 2.75) is 25.4 Å². The van der Waals surface area contributed by atoms with Crippen LogP contribution < -0.4 is 0 Å². The maximum absolute atomic E-state index is 11.7. The molecular weight excluding hydrogens is 166 g/mol. The first-order chi connectivity index (χ1) is 6.20. The summed E-state index contributed by atoms with van der Waals surface area (Å²) in [5.41, 5.74) is 0. The van der Waals surface area contributed by atoms with Crippen molar-refractivity contribution in [3.05, 3.63) is 0 Å². The molecule has 2 aliphatic rings. The summed E-state index contributed by atoms with van der Waals surface area (Å²) in [7, 11) is 3.60. The Hall–Kier alpha value is -0.570. The van der Waals surface area contributed by atoms with E-state index in [1.54, 1.807) is 19.0 Å². The number of rotatable bonds is 1. The lowest BCUT2D eigenvalue weighted by Crippen LogP contribution is -2.37. The highest BCUT2D eigenvalue weighted by Crippen LogP contribution is 2.40. The molecule has 1 aliphatic heterocycles. The first-order valence-electron chi connectivity index (χ1n) is 5.03. The Morgan fingerprint density at radius 1 is 1.38 bits per heavy atom. The molecule has 3 heteroatoms. The summed E-state index contributed by atoms with van der Waals surface area (Å²) in [4.78, 5) is 13.3. The molecule has 3 atom stereocenters. The Morgan fingerprint density at radius 3 is 2.85 bits per heavy atom. The summed E-state index contributed by atoms with van der Waals surface area (Å²) in [6.07, 6.45) is 3.56. The predicted molar refractivity (Wildman–Crippen MR) is 49.3 cm³/mol. The minimum atomic E-state index is -0.137. The molecule has 3 unspecified atom stereocenters. The van der Waals surface area contributed by atoms with Crippen molar-refractivity contribution in [2.75, 3.05) is 20.7 Å². The van der Waals surface area contributed by atoms with Crippen molar-refractivity contribution in [2.24, 2.45) is 11.8 Å². The number of hydrogen-bond donors (Lipinski definition) is 0. The number of amides is 1. The minimum absolute atomic E-state index is 0.137. The molecule has 2 fully saturated rings. The molecule has 0 bridgehead atoms. The van der Waals surface area contributed by atoms with Gasteiger partial charge in [0.25, 0.3) is 5.91 Å².